The minimum atomic E-state index is -0.388. The molecule has 1 heterocycles. The van der Waals surface area contributed by atoms with Crippen LogP contribution in [-0.4, -0.2) is 55.1 Å². The molecule has 0 bridgehead atoms. The second-order valence-electron chi connectivity index (χ2n) is 8.46. The van der Waals surface area contributed by atoms with Gasteiger partial charge in [0.05, 0.1) is 30.4 Å². The lowest BCUT2D eigenvalue weighted by Crippen LogP contribution is -2.48. The van der Waals surface area contributed by atoms with Crippen molar-refractivity contribution in [2.75, 3.05) is 33.4 Å². The van der Waals surface area contributed by atoms with Gasteiger partial charge in [-0.15, -0.1) is 0 Å². The Kier molecular flexibility index (Phi) is 10.00. The van der Waals surface area contributed by atoms with Crippen LogP contribution in [0, 0.1) is 5.82 Å². The number of methoxy groups -OCH3 is 1. The smallest absolute Gasteiger partial charge is 0.317 e. The number of rotatable bonds is 12. The van der Waals surface area contributed by atoms with Crippen LogP contribution >= 0.6 is 0 Å². The summed E-state index contributed by atoms with van der Waals surface area (Å²) in [7, 11) is 1.52. The van der Waals surface area contributed by atoms with Crippen LogP contribution in [0.25, 0.3) is 11.0 Å². The minimum absolute atomic E-state index is 0.0288. The molecule has 3 aromatic rings. The van der Waals surface area contributed by atoms with Gasteiger partial charge in [0, 0.05) is 26.7 Å². The van der Waals surface area contributed by atoms with Gasteiger partial charge in [-0.1, -0.05) is 37.6 Å². The van der Waals surface area contributed by atoms with Crippen LogP contribution < -0.4 is 10.7 Å². The third kappa shape index (κ3) is 7.39. The Morgan fingerprint density at radius 1 is 1.06 bits per heavy atom. The zero-order chi connectivity index (χ0) is 25.9. The average molecular weight is 498 g/mol. The number of urea groups is 1. The summed E-state index contributed by atoms with van der Waals surface area (Å²) < 4.78 is 24.2. The number of carbonyl (C=O) groups is 2. The number of para-hydroxylation sites is 1. The van der Waals surface area contributed by atoms with E-state index in [2.05, 4.69) is 5.32 Å². The van der Waals surface area contributed by atoms with Crippen molar-refractivity contribution < 1.29 is 23.1 Å². The van der Waals surface area contributed by atoms with Crippen LogP contribution in [0.3, 0.4) is 0 Å². The van der Waals surface area contributed by atoms with Crippen LogP contribution in [-0.2, 0) is 22.6 Å². The molecule has 0 spiro atoms. The average Bonchev–Trinajstić information content (AvgIpc) is 2.89. The largest absolute Gasteiger partial charge is 0.464 e. The summed E-state index contributed by atoms with van der Waals surface area (Å²) in [5.74, 6) is -0.755. The molecule has 0 aliphatic heterocycles. The number of hydrogen-bond acceptors (Lipinski definition) is 5. The third-order valence-corrected chi connectivity index (χ3v) is 5.74. The molecule has 1 aromatic heterocycles. The maximum absolute atomic E-state index is 13.5. The summed E-state index contributed by atoms with van der Waals surface area (Å²) in [6, 6.07) is 12.3. The van der Waals surface area contributed by atoms with Crippen molar-refractivity contribution in [2.45, 2.75) is 32.9 Å². The molecule has 0 fully saturated rings. The molecule has 1 N–H and O–H groups in total. The molecule has 3 rings (SSSR count). The van der Waals surface area contributed by atoms with Gasteiger partial charge in [0.15, 0.2) is 5.43 Å². The molecule has 0 aliphatic rings. The van der Waals surface area contributed by atoms with Crippen LogP contribution in [0.1, 0.15) is 30.9 Å². The Morgan fingerprint density at radius 2 is 1.81 bits per heavy atom. The predicted octanol–water partition coefficient (Wildman–Crippen LogP) is 3.92. The Bertz CT molecular complexity index is 1210. The van der Waals surface area contributed by atoms with Crippen molar-refractivity contribution in [2.24, 2.45) is 0 Å². The van der Waals surface area contributed by atoms with E-state index in [1.807, 2.05) is 6.92 Å². The number of halogens is 1. The highest BCUT2D eigenvalue weighted by atomic mass is 19.1. The van der Waals surface area contributed by atoms with Crippen LogP contribution in [0.2, 0.25) is 0 Å². The molecular formula is C27H32FN3O5. The number of amides is 3. The number of fused-ring (bicyclic) bond motifs is 1. The highest BCUT2D eigenvalue weighted by Crippen LogP contribution is 2.14. The summed E-state index contributed by atoms with van der Waals surface area (Å²) in [6.07, 6.45) is 3.11. The van der Waals surface area contributed by atoms with Crippen molar-refractivity contribution in [3.05, 3.63) is 82.0 Å². The molecular weight excluding hydrogens is 465 g/mol. The zero-order valence-electron chi connectivity index (χ0n) is 20.7. The minimum Gasteiger partial charge on any atom is -0.464 e. The van der Waals surface area contributed by atoms with E-state index in [9.17, 15) is 18.8 Å². The summed E-state index contributed by atoms with van der Waals surface area (Å²) in [5, 5.41) is 3.24. The van der Waals surface area contributed by atoms with E-state index in [0.29, 0.717) is 28.6 Å². The summed E-state index contributed by atoms with van der Waals surface area (Å²) in [5.41, 5.74) is 1.21. The van der Waals surface area contributed by atoms with Gasteiger partial charge in [-0.2, -0.15) is 0 Å². The molecule has 3 amide bonds. The lowest BCUT2D eigenvalue weighted by Gasteiger charge is -2.28. The van der Waals surface area contributed by atoms with E-state index in [0.717, 1.165) is 12.8 Å². The number of hydrogen-bond donors (Lipinski definition) is 1. The Balaban J connectivity index is 1.85. The number of benzene rings is 2. The van der Waals surface area contributed by atoms with Crippen molar-refractivity contribution >= 4 is 22.9 Å². The molecule has 192 valence electrons. The van der Waals surface area contributed by atoms with E-state index >= 15 is 0 Å². The van der Waals surface area contributed by atoms with Gasteiger partial charge in [-0.05, 0) is 36.2 Å². The second kappa shape index (κ2) is 13.4. The quantitative estimate of drug-likeness (QED) is 0.383. The monoisotopic (exact) mass is 497 g/mol. The van der Waals surface area contributed by atoms with Gasteiger partial charge in [0.2, 0.25) is 5.91 Å². The number of unbranched alkanes of at least 4 members (excludes halogenated alkanes) is 1. The van der Waals surface area contributed by atoms with Crippen LogP contribution in [0.15, 0.2) is 64.0 Å². The standard InChI is InChI=1S/C27H32FN3O5/c1-3-4-13-29-27(34)30(14-15-35-2)18-25(32)31(16-20-9-11-22(28)12-10-20)17-21-19-36-24-8-6-5-7-23(24)26(21)33/h5-12,19H,3-4,13-18H2,1-2H3,(H,29,34). The lowest BCUT2D eigenvalue weighted by atomic mass is 10.1. The van der Waals surface area contributed by atoms with Gasteiger partial charge >= 0.3 is 6.03 Å². The number of carbonyl (C=O) groups excluding carboxylic acids is 2. The van der Waals surface area contributed by atoms with E-state index in [1.165, 1.54) is 35.3 Å². The highest BCUT2D eigenvalue weighted by molar-refractivity contribution is 5.84. The first-order valence-electron chi connectivity index (χ1n) is 12.0. The maximum Gasteiger partial charge on any atom is 0.317 e. The van der Waals surface area contributed by atoms with E-state index in [-0.39, 0.29) is 56.0 Å². The van der Waals surface area contributed by atoms with Gasteiger partial charge in [-0.25, -0.2) is 9.18 Å². The van der Waals surface area contributed by atoms with Gasteiger partial charge < -0.3 is 24.3 Å². The van der Waals surface area contributed by atoms with E-state index in [4.69, 9.17) is 9.15 Å². The summed E-state index contributed by atoms with van der Waals surface area (Å²) in [6.45, 7) is 2.91. The number of ether oxygens (including phenoxy) is 1. The molecule has 0 radical (unpaired) electrons. The van der Waals surface area contributed by atoms with Crippen molar-refractivity contribution in [3.63, 3.8) is 0 Å². The Labute approximate surface area is 209 Å². The maximum atomic E-state index is 13.5. The highest BCUT2D eigenvalue weighted by Gasteiger charge is 2.23. The molecule has 8 nitrogen and oxygen atoms in total. The zero-order valence-corrected chi connectivity index (χ0v) is 20.7. The Hall–Kier alpha value is -3.72. The SMILES string of the molecule is CCCCNC(=O)N(CCOC)CC(=O)N(Cc1ccc(F)cc1)Cc1coc2ccccc2c1=O. The van der Waals surface area contributed by atoms with Crippen LogP contribution in [0.4, 0.5) is 9.18 Å². The molecule has 0 saturated carbocycles. The first-order chi connectivity index (χ1) is 17.4. The van der Waals surface area contributed by atoms with Gasteiger partial charge in [0.25, 0.3) is 0 Å². The fourth-order valence-corrected chi connectivity index (χ4v) is 3.68. The molecule has 9 heteroatoms. The molecule has 0 saturated heterocycles. The molecule has 2 aromatic carbocycles. The van der Waals surface area contributed by atoms with E-state index in [1.54, 1.807) is 36.4 Å². The van der Waals surface area contributed by atoms with Crippen molar-refractivity contribution in [1.29, 1.82) is 0 Å². The predicted molar refractivity (Wildman–Crippen MR) is 135 cm³/mol. The van der Waals surface area contributed by atoms with Gasteiger partial charge in [0.1, 0.15) is 17.9 Å². The number of nitrogens with zero attached hydrogens (tertiary/aromatic N) is 2. The molecule has 0 aliphatic carbocycles. The summed E-state index contributed by atoms with van der Waals surface area (Å²) >= 11 is 0. The topological polar surface area (TPSA) is 92.1 Å². The lowest BCUT2D eigenvalue weighted by molar-refractivity contribution is -0.133. The second-order valence-corrected chi connectivity index (χ2v) is 8.46. The first kappa shape index (κ1) is 26.9. The molecule has 0 atom stereocenters. The van der Waals surface area contributed by atoms with Crippen molar-refractivity contribution in [1.82, 2.24) is 15.1 Å². The first-order valence-corrected chi connectivity index (χ1v) is 12.0. The third-order valence-electron chi connectivity index (χ3n) is 5.74. The van der Waals surface area contributed by atoms with Gasteiger partial charge in [-0.3, -0.25) is 9.59 Å². The molecule has 0 unspecified atom stereocenters. The molecule has 36 heavy (non-hydrogen) atoms. The van der Waals surface area contributed by atoms with Crippen LogP contribution in [0.5, 0.6) is 0 Å². The van der Waals surface area contributed by atoms with Crippen molar-refractivity contribution in [3.8, 4) is 0 Å². The summed E-state index contributed by atoms with van der Waals surface area (Å²) in [4.78, 5) is 42.1. The number of nitrogens with one attached hydrogen (secondary N) is 1. The fourth-order valence-electron chi connectivity index (χ4n) is 3.68. The normalized spacial score (nSPS) is 10.9. The Morgan fingerprint density at radius 3 is 2.53 bits per heavy atom. The van der Waals surface area contributed by atoms with E-state index < -0.39 is 0 Å². The fraction of sp³-hybridized carbons (Fsp3) is 0.370.